The Kier molecular flexibility index (Phi) is 4.75. The Morgan fingerprint density at radius 3 is 2.54 bits per heavy atom. The summed E-state index contributed by atoms with van der Waals surface area (Å²) in [6.45, 7) is 7.80. The third-order valence-corrected chi connectivity index (χ3v) is 5.45. The summed E-state index contributed by atoms with van der Waals surface area (Å²) in [5.74, 6) is 0.767. The Morgan fingerprint density at radius 2 is 1.86 bits per heavy atom. The summed E-state index contributed by atoms with van der Waals surface area (Å²) >= 11 is 0. The fourth-order valence-corrected chi connectivity index (χ4v) is 3.78. The molecule has 0 aliphatic carbocycles. The number of pyridine rings is 1. The Balaban J connectivity index is 1.55. The van der Waals surface area contributed by atoms with Crippen LogP contribution in [-0.4, -0.2) is 23.3 Å². The van der Waals surface area contributed by atoms with Gasteiger partial charge in [-0.05, 0) is 47.0 Å². The molecule has 1 amide bonds. The van der Waals surface area contributed by atoms with E-state index in [0.717, 1.165) is 17.1 Å². The van der Waals surface area contributed by atoms with Crippen molar-refractivity contribution in [3.8, 4) is 0 Å². The molecule has 4 rings (SSSR count). The molecule has 5 heteroatoms. The predicted molar refractivity (Wildman–Crippen MR) is 112 cm³/mol. The zero-order chi connectivity index (χ0) is 19.7. The van der Waals surface area contributed by atoms with Crippen LogP contribution in [0.4, 0.5) is 5.69 Å². The average Bonchev–Trinajstić information content (AvgIpc) is 3.04. The number of carbonyl (C=O) groups excluding carboxylic acids is 1. The third-order valence-electron chi connectivity index (χ3n) is 5.45. The van der Waals surface area contributed by atoms with Crippen LogP contribution in [0.5, 0.6) is 0 Å². The maximum atomic E-state index is 13.2. The van der Waals surface area contributed by atoms with Gasteiger partial charge in [-0.1, -0.05) is 39.0 Å². The summed E-state index contributed by atoms with van der Waals surface area (Å²) in [5.41, 5.74) is 3.40. The lowest BCUT2D eigenvalue weighted by Gasteiger charge is -2.22. The lowest BCUT2D eigenvalue weighted by atomic mass is 9.87. The van der Waals surface area contributed by atoms with Gasteiger partial charge in [-0.3, -0.25) is 14.8 Å². The number of aromatic nitrogens is 1. The van der Waals surface area contributed by atoms with Gasteiger partial charge in [-0.25, -0.2) is 0 Å². The largest absolute Gasteiger partial charge is 0.350 e. The van der Waals surface area contributed by atoms with Crippen molar-refractivity contribution in [2.45, 2.75) is 32.7 Å². The van der Waals surface area contributed by atoms with E-state index < -0.39 is 0 Å². The second kappa shape index (κ2) is 7.23. The molecule has 3 heterocycles. The minimum absolute atomic E-state index is 0.0982. The van der Waals surface area contributed by atoms with Crippen LogP contribution >= 0.6 is 0 Å². The van der Waals surface area contributed by atoms with Crippen molar-refractivity contribution in [3.63, 3.8) is 0 Å². The first-order valence-corrected chi connectivity index (χ1v) is 9.72. The summed E-state index contributed by atoms with van der Waals surface area (Å²) in [6, 6.07) is 12.2. The fourth-order valence-electron chi connectivity index (χ4n) is 3.78. The van der Waals surface area contributed by atoms with Gasteiger partial charge in [0.25, 0.3) is 0 Å². The molecule has 5 nitrogen and oxygen atoms in total. The highest BCUT2D eigenvalue weighted by Crippen LogP contribution is 2.34. The second-order valence-corrected chi connectivity index (χ2v) is 8.45. The van der Waals surface area contributed by atoms with E-state index in [9.17, 15) is 4.79 Å². The molecule has 0 spiro atoms. The Labute approximate surface area is 166 Å². The molecule has 2 aliphatic heterocycles. The van der Waals surface area contributed by atoms with Crippen molar-refractivity contribution in [1.82, 2.24) is 10.3 Å². The van der Waals surface area contributed by atoms with Crippen LogP contribution in [0.15, 0.2) is 66.1 Å². The molecule has 1 N–H and O–H groups in total. The lowest BCUT2D eigenvalue weighted by Crippen LogP contribution is -2.38. The summed E-state index contributed by atoms with van der Waals surface area (Å²) in [5, 5.41) is 3.20. The normalized spacial score (nSPS) is 23.0. The van der Waals surface area contributed by atoms with Crippen molar-refractivity contribution in [2.24, 2.45) is 16.8 Å². The quantitative estimate of drug-likeness (QED) is 0.892. The highest BCUT2D eigenvalue weighted by atomic mass is 16.2. The third kappa shape index (κ3) is 3.57. The van der Waals surface area contributed by atoms with Crippen LogP contribution < -0.4 is 10.2 Å². The summed E-state index contributed by atoms with van der Waals surface area (Å²) in [4.78, 5) is 23.8. The average molecular weight is 374 g/mol. The van der Waals surface area contributed by atoms with Gasteiger partial charge in [0.05, 0.1) is 6.54 Å². The first-order chi connectivity index (χ1) is 13.4. The topological polar surface area (TPSA) is 57.6 Å². The molecule has 28 heavy (non-hydrogen) atoms. The molecule has 1 aromatic carbocycles. The van der Waals surface area contributed by atoms with Gasteiger partial charge in [0.1, 0.15) is 11.8 Å². The number of amidine groups is 1. The standard InChI is InChI=1S/C23H26N4O/c1-23(2,3)18-4-6-19(7-5-18)27-15-17-10-13-25-21(20(17)22(27)28)26-14-16-8-11-24-12-9-16/h4-13,17,20H,14-15H2,1-3H3,(H,25,26). The summed E-state index contributed by atoms with van der Waals surface area (Å²) in [7, 11) is 0. The highest BCUT2D eigenvalue weighted by Gasteiger charge is 2.44. The van der Waals surface area contributed by atoms with E-state index in [0.29, 0.717) is 13.1 Å². The van der Waals surface area contributed by atoms with Crippen LogP contribution in [-0.2, 0) is 16.8 Å². The predicted octanol–water partition coefficient (Wildman–Crippen LogP) is 3.67. The van der Waals surface area contributed by atoms with Gasteiger partial charge < -0.3 is 10.2 Å². The number of rotatable bonds is 3. The molecule has 2 unspecified atom stereocenters. The number of aliphatic imine (C=N–C) groups is 1. The number of anilines is 1. The van der Waals surface area contributed by atoms with Crippen molar-refractivity contribution in [3.05, 3.63) is 72.2 Å². The van der Waals surface area contributed by atoms with E-state index in [2.05, 4.69) is 61.4 Å². The minimum atomic E-state index is -0.242. The first kappa shape index (κ1) is 18.4. The Morgan fingerprint density at radius 1 is 1.14 bits per heavy atom. The molecule has 1 saturated heterocycles. The van der Waals surface area contributed by atoms with Crippen molar-refractivity contribution in [1.29, 1.82) is 0 Å². The summed E-state index contributed by atoms with van der Waals surface area (Å²) < 4.78 is 0. The SMILES string of the molecule is CC(C)(C)c1ccc(N2CC3C=CNC(=NCc4ccncc4)C3C2=O)cc1. The number of hydrogen-bond acceptors (Lipinski definition) is 3. The fraction of sp³-hybridized carbons (Fsp3) is 0.348. The molecular weight excluding hydrogens is 348 g/mol. The second-order valence-electron chi connectivity index (χ2n) is 8.45. The van der Waals surface area contributed by atoms with Crippen molar-refractivity contribution < 1.29 is 4.79 Å². The number of benzene rings is 1. The summed E-state index contributed by atoms with van der Waals surface area (Å²) in [6.07, 6.45) is 7.51. The van der Waals surface area contributed by atoms with Gasteiger partial charge in [-0.2, -0.15) is 0 Å². The molecule has 1 fully saturated rings. The Hall–Kier alpha value is -2.95. The van der Waals surface area contributed by atoms with Crippen LogP contribution in [0.1, 0.15) is 31.9 Å². The molecule has 0 radical (unpaired) electrons. The van der Waals surface area contributed by atoms with E-state index >= 15 is 0 Å². The maximum absolute atomic E-state index is 13.2. The number of amides is 1. The van der Waals surface area contributed by atoms with E-state index in [1.54, 1.807) is 12.4 Å². The zero-order valence-electron chi connectivity index (χ0n) is 16.6. The lowest BCUT2D eigenvalue weighted by molar-refractivity contribution is -0.119. The van der Waals surface area contributed by atoms with Crippen LogP contribution in [0.3, 0.4) is 0 Å². The first-order valence-electron chi connectivity index (χ1n) is 9.72. The van der Waals surface area contributed by atoms with Gasteiger partial charge in [0, 0.05) is 30.5 Å². The molecule has 144 valence electrons. The van der Waals surface area contributed by atoms with E-state index in [1.165, 1.54) is 5.56 Å². The molecule has 0 saturated carbocycles. The number of hydrogen-bond donors (Lipinski definition) is 1. The van der Waals surface area contributed by atoms with Gasteiger partial charge >= 0.3 is 0 Å². The van der Waals surface area contributed by atoms with Crippen LogP contribution in [0.2, 0.25) is 0 Å². The van der Waals surface area contributed by atoms with Gasteiger partial charge in [0.2, 0.25) is 5.91 Å². The number of nitrogens with one attached hydrogen (secondary N) is 1. The number of nitrogens with zero attached hydrogens (tertiary/aromatic N) is 3. The van der Waals surface area contributed by atoms with Crippen molar-refractivity contribution >= 4 is 17.4 Å². The van der Waals surface area contributed by atoms with E-state index in [-0.39, 0.29) is 23.2 Å². The number of fused-ring (bicyclic) bond motifs is 1. The zero-order valence-corrected chi connectivity index (χ0v) is 16.6. The van der Waals surface area contributed by atoms with Crippen LogP contribution in [0, 0.1) is 11.8 Å². The van der Waals surface area contributed by atoms with E-state index in [4.69, 9.17) is 4.99 Å². The van der Waals surface area contributed by atoms with Gasteiger partial charge in [-0.15, -0.1) is 0 Å². The van der Waals surface area contributed by atoms with Crippen molar-refractivity contribution in [2.75, 3.05) is 11.4 Å². The minimum Gasteiger partial charge on any atom is -0.350 e. The monoisotopic (exact) mass is 374 g/mol. The molecule has 2 atom stereocenters. The Bertz CT molecular complexity index is 910. The molecule has 2 aromatic rings. The molecule has 2 aliphatic rings. The van der Waals surface area contributed by atoms with Crippen LogP contribution in [0.25, 0.3) is 0 Å². The molecule has 1 aromatic heterocycles. The van der Waals surface area contributed by atoms with Gasteiger partial charge in [0.15, 0.2) is 0 Å². The van der Waals surface area contributed by atoms with E-state index in [1.807, 2.05) is 23.2 Å². The highest BCUT2D eigenvalue weighted by molar-refractivity contribution is 6.12. The number of carbonyl (C=O) groups is 1. The molecular formula is C23H26N4O. The molecule has 0 bridgehead atoms. The smallest absolute Gasteiger partial charge is 0.238 e. The maximum Gasteiger partial charge on any atom is 0.238 e.